The van der Waals surface area contributed by atoms with Gasteiger partial charge >= 0.3 is 0 Å². The Morgan fingerprint density at radius 3 is 2.71 bits per heavy atom. The molecular formula is C13H18N6OS. The van der Waals surface area contributed by atoms with Crippen molar-refractivity contribution in [3.05, 3.63) is 33.5 Å². The van der Waals surface area contributed by atoms with E-state index in [2.05, 4.69) is 32.3 Å². The Balaban J connectivity index is 2.42. The second kappa shape index (κ2) is 6.68. The Kier molecular flexibility index (Phi) is 4.92. The lowest BCUT2D eigenvalue weighted by atomic mass is 10.3. The Hall–Kier alpha value is -1.93. The first kappa shape index (κ1) is 15.5. The number of nitrogen functional groups attached to an aromatic ring is 1. The van der Waals surface area contributed by atoms with E-state index < -0.39 is 0 Å². The van der Waals surface area contributed by atoms with Gasteiger partial charge in [0.05, 0.1) is 0 Å². The highest BCUT2D eigenvalue weighted by molar-refractivity contribution is 7.99. The summed E-state index contributed by atoms with van der Waals surface area (Å²) < 4.78 is 0. The number of anilines is 1. The lowest BCUT2D eigenvalue weighted by molar-refractivity contribution is 0.800. The van der Waals surface area contributed by atoms with Gasteiger partial charge in [-0.3, -0.25) is 4.79 Å². The molecule has 8 heteroatoms. The van der Waals surface area contributed by atoms with Gasteiger partial charge in [0.2, 0.25) is 0 Å². The van der Waals surface area contributed by atoms with Crippen molar-refractivity contribution in [2.45, 2.75) is 43.8 Å². The summed E-state index contributed by atoms with van der Waals surface area (Å²) in [4.78, 5) is 27.4. The molecular weight excluding hydrogens is 288 g/mol. The summed E-state index contributed by atoms with van der Waals surface area (Å²) >= 11 is 1.30. The Bertz CT molecular complexity index is 700. The lowest BCUT2D eigenvalue weighted by Crippen LogP contribution is -2.13. The Labute approximate surface area is 126 Å². The number of aromatic nitrogens is 4. The normalized spacial score (nSPS) is 10.7. The number of aryl methyl sites for hydroxylation is 2. The maximum absolute atomic E-state index is 11.5. The number of nitrogens with two attached hydrogens (primary N) is 1. The zero-order valence-corrected chi connectivity index (χ0v) is 13.0. The number of H-pyrrole nitrogens is 1. The average molecular weight is 306 g/mol. The highest BCUT2D eigenvalue weighted by Gasteiger charge is 2.12. The summed E-state index contributed by atoms with van der Waals surface area (Å²) in [6.07, 6.45) is 1.71. The smallest absolute Gasteiger partial charge is 0.251 e. The summed E-state index contributed by atoms with van der Waals surface area (Å²) in [5, 5.41) is 1.24. The molecule has 0 saturated carbocycles. The molecule has 0 aliphatic heterocycles. The molecule has 0 saturated heterocycles. The first-order valence-electron chi connectivity index (χ1n) is 6.63. The van der Waals surface area contributed by atoms with Gasteiger partial charge < -0.3 is 10.4 Å². The van der Waals surface area contributed by atoms with E-state index in [-0.39, 0.29) is 5.56 Å². The molecule has 0 aliphatic carbocycles. The van der Waals surface area contributed by atoms with Crippen molar-refractivity contribution >= 4 is 17.6 Å². The molecule has 2 aromatic heterocycles. The average Bonchev–Trinajstić information content (AvgIpc) is 2.41. The van der Waals surface area contributed by atoms with Gasteiger partial charge in [0.1, 0.15) is 16.7 Å². The van der Waals surface area contributed by atoms with Gasteiger partial charge in [0.25, 0.3) is 5.56 Å². The largest absolute Gasteiger partial charge is 0.308 e. The molecule has 0 atom stereocenters. The molecule has 2 rings (SSSR count). The number of hydrogen-bond acceptors (Lipinski definition) is 7. The van der Waals surface area contributed by atoms with Crippen molar-refractivity contribution in [3.63, 3.8) is 0 Å². The van der Waals surface area contributed by atoms with E-state index in [1.165, 1.54) is 17.8 Å². The van der Waals surface area contributed by atoms with Crippen LogP contribution in [0.5, 0.6) is 0 Å². The molecule has 2 aromatic rings. The van der Waals surface area contributed by atoms with Crippen LogP contribution in [0.1, 0.15) is 30.4 Å². The van der Waals surface area contributed by atoms with Crippen molar-refractivity contribution in [1.82, 2.24) is 19.9 Å². The lowest BCUT2D eigenvalue weighted by Gasteiger charge is -2.11. The molecule has 112 valence electrons. The van der Waals surface area contributed by atoms with E-state index in [4.69, 9.17) is 5.84 Å². The molecule has 0 unspecified atom stereocenters. The van der Waals surface area contributed by atoms with E-state index in [1.807, 2.05) is 6.92 Å². The van der Waals surface area contributed by atoms with Crippen LogP contribution in [0.25, 0.3) is 0 Å². The molecule has 0 fully saturated rings. The fourth-order valence-electron chi connectivity index (χ4n) is 1.81. The molecule has 7 nitrogen and oxygen atoms in total. The predicted octanol–water partition coefficient (Wildman–Crippen LogP) is 1.57. The number of nitrogens with zero attached hydrogens (tertiary/aromatic N) is 3. The quantitative estimate of drug-likeness (QED) is 0.333. The second-order valence-electron chi connectivity index (χ2n) is 4.61. The molecule has 0 bridgehead atoms. The van der Waals surface area contributed by atoms with Gasteiger partial charge in [0, 0.05) is 23.7 Å². The van der Waals surface area contributed by atoms with E-state index in [9.17, 15) is 4.79 Å². The maximum Gasteiger partial charge on any atom is 0.251 e. The first-order valence-corrected chi connectivity index (χ1v) is 7.45. The van der Waals surface area contributed by atoms with Gasteiger partial charge in [-0.2, -0.15) is 0 Å². The van der Waals surface area contributed by atoms with Gasteiger partial charge in [-0.15, -0.1) is 0 Å². The van der Waals surface area contributed by atoms with Crippen LogP contribution in [0.15, 0.2) is 21.0 Å². The van der Waals surface area contributed by atoms with Gasteiger partial charge in [-0.1, -0.05) is 6.92 Å². The van der Waals surface area contributed by atoms with Crippen LogP contribution in [-0.4, -0.2) is 19.9 Å². The zero-order chi connectivity index (χ0) is 15.4. The van der Waals surface area contributed by atoms with Gasteiger partial charge in [-0.05, 0) is 32.0 Å². The summed E-state index contributed by atoms with van der Waals surface area (Å²) in [5.74, 6) is 6.81. The van der Waals surface area contributed by atoms with Gasteiger partial charge in [-0.25, -0.2) is 20.8 Å². The third-order valence-electron chi connectivity index (χ3n) is 2.80. The van der Waals surface area contributed by atoms with Crippen molar-refractivity contribution in [2.75, 3.05) is 5.43 Å². The van der Waals surface area contributed by atoms with Crippen LogP contribution in [0.3, 0.4) is 0 Å². The standard InChI is InChI=1S/C13H18N6OS/c1-4-5-9-16-11(19-14)8(3)12(17-9)21-13-15-7(2)6-10(20)18-13/h6H,4-5,14H2,1-3H3,(H,15,18,20)(H,16,17,19). The van der Waals surface area contributed by atoms with Crippen molar-refractivity contribution in [1.29, 1.82) is 0 Å². The van der Waals surface area contributed by atoms with Crippen molar-refractivity contribution < 1.29 is 0 Å². The van der Waals surface area contributed by atoms with Crippen LogP contribution >= 0.6 is 11.8 Å². The maximum atomic E-state index is 11.5. The van der Waals surface area contributed by atoms with Gasteiger partial charge in [0.15, 0.2) is 5.16 Å². The molecule has 2 heterocycles. The minimum Gasteiger partial charge on any atom is -0.308 e. The second-order valence-corrected chi connectivity index (χ2v) is 5.58. The summed E-state index contributed by atoms with van der Waals surface area (Å²) in [5.41, 5.74) is 3.90. The molecule has 0 spiro atoms. The number of nitrogens with one attached hydrogen (secondary N) is 2. The SMILES string of the molecule is CCCc1nc(NN)c(C)c(Sc2nc(C)cc(=O)[nH]2)n1. The third kappa shape index (κ3) is 3.79. The molecule has 4 N–H and O–H groups in total. The van der Waals surface area contributed by atoms with Crippen molar-refractivity contribution in [3.8, 4) is 0 Å². The van der Waals surface area contributed by atoms with E-state index in [1.54, 1.807) is 6.92 Å². The highest BCUT2D eigenvalue weighted by Crippen LogP contribution is 2.28. The molecule has 0 aromatic carbocycles. The number of aromatic amines is 1. The monoisotopic (exact) mass is 306 g/mol. The first-order chi connectivity index (χ1) is 10.0. The molecule has 0 radical (unpaired) electrons. The van der Waals surface area contributed by atoms with E-state index in [0.717, 1.165) is 23.4 Å². The summed E-state index contributed by atoms with van der Waals surface area (Å²) in [7, 11) is 0. The minimum absolute atomic E-state index is 0.178. The number of hydrazine groups is 1. The Morgan fingerprint density at radius 2 is 2.10 bits per heavy atom. The molecule has 21 heavy (non-hydrogen) atoms. The van der Waals surface area contributed by atoms with Crippen LogP contribution in [0.2, 0.25) is 0 Å². The van der Waals surface area contributed by atoms with Crippen molar-refractivity contribution in [2.24, 2.45) is 5.84 Å². The van der Waals surface area contributed by atoms with E-state index >= 15 is 0 Å². The third-order valence-corrected chi connectivity index (χ3v) is 3.78. The predicted molar refractivity (Wildman–Crippen MR) is 82.3 cm³/mol. The highest BCUT2D eigenvalue weighted by atomic mass is 32.2. The van der Waals surface area contributed by atoms with E-state index in [0.29, 0.717) is 22.5 Å². The zero-order valence-electron chi connectivity index (χ0n) is 12.2. The summed E-state index contributed by atoms with van der Waals surface area (Å²) in [6, 6.07) is 1.45. The molecule has 0 aliphatic rings. The topological polar surface area (TPSA) is 110 Å². The number of rotatable bonds is 5. The van der Waals surface area contributed by atoms with Crippen LogP contribution < -0.4 is 16.8 Å². The van der Waals surface area contributed by atoms with Crippen LogP contribution in [0.4, 0.5) is 5.82 Å². The van der Waals surface area contributed by atoms with Crippen LogP contribution in [0, 0.1) is 13.8 Å². The number of hydrogen-bond donors (Lipinski definition) is 3. The fourth-order valence-corrected chi connectivity index (χ4v) is 2.73. The minimum atomic E-state index is -0.178. The molecule has 0 amide bonds. The Morgan fingerprint density at radius 1 is 1.33 bits per heavy atom. The summed E-state index contributed by atoms with van der Waals surface area (Å²) in [6.45, 7) is 5.72. The van der Waals surface area contributed by atoms with Crippen LogP contribution in [-0.2, 0) is 6.42 Å². The fraction of sp³-hybridized carbons (Fsp3) is 0.385.